The number of hydrogen-bond donors (Lipinski definition) is 1. The van der Waals surface area contributed by atoms with Crippen LogP contribution in [0.2, 0.25) is 0 Å². The maximum absolute atomic E-state index is 13.1. The van der Waals surface area contributed by atoms with E-state index in [2.05, 4.69) is 19.1 Å². The van der Waals surface area contributed by atoms with E-state index in [1.807, 2.05) is 25.2 Å². The molecular formula is C21H26FN5O2S. The van der Waals surface area contributed by atoms with Gasteiger partial charge >= 0.3 is 0 Å². The third-order valence-corrected chi connectivity index (χ3v) is 6.10. The highest BCUT2D eigenvalue weighted by molar-refractivity contribution is 7.92. The van der Waals surface area contributed by atoms with Crippen molar-refractivity contribution in [3.05, 3.63) is 54.1 Å². The van der Waals surface area contributed by atoms with E-state index < -0.39 is 10.0 Å². The summed E-state index contributed by atoms with van der Waals surface area (Å²) >= 11 is 0. The molecule has 30 heavy (non-hydrogen) atoms. The van der Waals surface area contributed by atoms with Crippen LogP contribution in [-0.4, -0.2) is 61.8 Å². The first-order valence-corrected chi connectivity index (χ1v) is 11.8. The summed E-state index contributed by atoms with van der Waals surface area (Å²) in [7, 11) is -1.33. The quantitative estimate of drug-likeness (QED) is 0.649. The molecule has 0 atom stereocenters. The van der Waals surface area contributed by atoms with Crippen LogP contribution in [0, 0.1) is 5.82 Å². The molecule has 2 aromatic carbocycles. The van der Waals surface area contributed by atoms with E-state index in [9.17, 15) is 12.8 Å². The van der Waals surface area contributed by atoms with Crippen molar-refractivity contribution in [2.24, 2.45) is 7.05 Å². The average Bonchev–Trinajstić information content (AvgIpc) is 3.01. The number of aryl methyl sites for hydroxylation is 1. The lowest BCUT2D eigenvalue weighted by molar-refractivity contribution is 0.259. The topological polar surface area (TPSA) is 70.5 Å². The standard InChI is InChI=1S/C21H26FN5O2S/c1-25-20-8-5-17(24-30(2,28)29)15-19(20)23-21(25)9-10-26-11-13-27(14-12-26)18-6-3-16(22)4-7-18/h3-8,15,24H,9-14H2,1-2H3. The van der Waals surface area contributed by atoms with Crippen molar-refractivity contribution in [3.63, 3.8) is 0 Å². The van der Waals surface area contributed by atoms with Crippen LogP contribution < -0.4 is 9.62 Å². The second-order valence-corrected chi connectivity index (χ2v) is 9.47. The van der Waals surface area contributed by atoms with Gasteiger partial charge < -0.3 is 9.47 Å². The Balaban J connectivity index is 1.37. The van der Waals surface area contributed by atoms with Crippen LogP contribution in [0.5, 0.6) is 0 Å². The number of fused-ring (bicyclic) bond motifs is 1. The van der Waals surface area contributed by atoms with Crippen LogP contribution in [0.25, 0.3) is 11.0 Å². The van der Waals surface area contributed by atoms with Gasteiger partial charge in [-0.1, -0.05) is 0 Å². The molecule has 160 valence electrons. The highest BCUT2D eigenvalue weighted by atomic mass is 32.2. The van der Waals surface area contributed by atoms with E-state index >= 15 is 0 Å². The Bertz CT molecular complexity index is 1140. The summed E-state index contributed by atoms with van der Waals surface area (Å²) in [6.45, 7) is 4.62. The van der Waals surface area contributed by atoms with Crippen LogP contribution in [-0.2, 0) is 23.5 Å². The number of halogens is 1. The normalized spacial score (nSPS) is 15.6. The minimum absolute atomic E-state index is 0.209. The molecule has 0 amide bonds. The van der Waals surface area contributed by atoms with E-state index in [4.69, 9.17) is 4.98 Å². The molecule has 0 spiro atoms. The van der Waals surface area contributed by atoms with Crippen molar-refractivity contribution in [2.45, 2.75) is 6.42 Å². The summed E-state index contributed by atoms with van der Waals surface area (Å²) in [5, 5.41) is 0. The lowest BCUT2D eigenvalue weighted by Gasteiger charge is -2.36. The highest BCUT2D eigenvalue weighted by Crippen LogP contribution is 2.21. The molecule has 9 heteroatoms. The molecule has 7 nitrogen and oxygen atoms in total. The van der Waals surface area contributed by atoms with Gasteiger partial charge in [0.05, 0.1) is 23.0 Å². The second kappa shape index (κ2) is 8.23. The molecule has 1 saturated heterocycles. The van der Waals surface area contributed by atoms with Crippen LogP contribution >= 0.6 is 0 Å². The van der Waals surface area contributed by atoms with E-state index in [-0.39, 0.29) is 5.82 Å². The number of nitrogens with zero attached hydrogens (tertiary/aromatic N) is 4. The number of rotatable bonds is 6. The molecule has 0 unspecified atom stereocenters. The molecule has 4 rings (SSSR count). The molecule has 0 saturated carbocycles. The van der Waals surface area contributed by atoms with Gasteiger partial charge in [-0.05, 0) is 42.5 Å². The number of aromatic nitrogens is 2. The first-order valence-electron chi connectivity index (χ1n) is 9.94. The summed E-state index contributed by atoms with van der Waals surface area (Å²) in [4.78, 5) is 9.41. The highest BCUT2D eigenvalue weighted by Gasteiger charge is 2.18. The number of anilines is 2. The smallest absolute Gasteiger partial charge is 0.229 e. The number of imidazole rings is 1. The summed E-state index contributed by atoms with van der Waals surface area (Å²) in [5.74, 6) is 0.765. The summed E-state index contributed by atoms with van der Waals surface area (Å²) in [6, 6.07) is 12.1. The predicted octanol–water partition coefficient (Wildman–Crippen LogP) is 2.45. The zero-order chi connectivity index (χ0) is 21.3. The van der Waals surface area contributed by atoms with E-state index in [1.165, 1.54) is 12.1 Å². The second-order valence-electron chi connectivity index (χ2n) is 7.72. The van der Waals surface area contributed by atoms with E-state index in [1.54, 1.807) is 12.1 Å². The molecule has 1 aliphatic rings. The maximum Gasteiger partial charge on any atom is 0.229 e. The minimum Gasteiger partial charge on any atom is -0.369 e. The Morgan fingerprint density at radius 3 is 2.43 bits per heavy atom. The summed E-state index contributed by atoms with van der Waals surface area (Å²) in [6.07, 6.45) is 1.95. The molecule has 3 aromatic rings. The first kappa shape index (κ1) is 20.6. The van der Waals surface area contributed by atoms with Crippen LogP contribution in [0.3, 0.4) is 0 Å². The van der Waals surface area contributed by atoms with Crippen LogP contribution in [0.15, 0.2) is 42.5 Å². The van der Waals surface area contributed by atoms with Crippen LogP contribution in [0.1, 0.15) is 5.82 Å². The molecule has 1 N–H and O–H groups in total. The summed E-state index contributed by atoms with van der Waals surface area (Å²) < 4.78 is 40.6. The lowest BCUT2D eigenvalue weighted by atomic mass is 10.2. The van der Waals surface area contributed by atoms with Gasteiger partial charge in [-0.15, -0.1) is 0 Å². The Labute approximate surface area is 176 Å². The third-order valence-electron chi connectivity index (χ3n) is 5.49. The van der Waals surface area contributed by atoms with Gasteiger partial charge in [-0.2, -0.15) is 0 Å². The summed E-state index contributed by atoms with van der Waals surface area (Å²) in [5.41, 5.74) is 3.34. The number of hydrogen-bond acceptors (Lipinski definition) is 5. The molecule has 1 fully saturated rings. The Morgan fingerprint density at radius 1 is 1.07 bits per heavy atom. The van der Waals surface area contributed by atoms with Crippen molar-refractivity contribution in [2.75, 3.05) is 48.6 Å². The zero-order valence-electron chi connectivity index (χ0n) is 17.2. The van der Waals surface area contributed by atoms with E-state index in [0.717, 1.165) is 67.9 Å². The van der Waals surface area contributed by atoms with E-state index in [0.29, 0.717) is 5.69 Å². The van der Waals surface area contributed by atoms with Gasteiger partial charge in [0, 0.05) is 51.9 Å². The maximum atomic E-state index is 13.1. The van der Waals surface area contributed by atoms with Crippen molar-refractivity contribution >= 4 is 32.4 Å². The number of piperazine rings is 1. The molecule has 0 radical (unpaired) electrons. The van der Waals surface area contributed by atoms with Crippen molar-refractivity contribution in [1.29, 1.82) is 0 Å². The minimum atomic E-state index is -3.31. The number of benzene rings is 2. The van der Waals surface area contributed by atoms with Gasteiger partial charge in [-0.25, -0.2) is 17.8 Å². The fourth-order valence-electron chi connectivity index (χ4n) is 3.89. The molecule has 1 aromatic heterocycles. The fraction of sp³-hybridized carbons (Fsp3) is 0.381. The molecule has 0 bridgehead atoms. The molecular weight excluding hydrogens is 405 g/mol. The predicted molar refractivity (Wildman–Crippen MR) is 118 cm³/mol. The van der Waals surface area contributed by atoms with Gasteiger partial charge in [-0.3, -0.25) is 9.62 Å². The molecule has 1 aliphatic heterocycles. The Kier molecular flexibility index (Phi) is 5.66. The fourth-order valence-corrected chi connectivity index (χ4v) is 4.45. The lowest BCUT2D eigenvalue weighted by Crippen LogP contribution is -2.47. The molecule has 2 heterocycles. The van der Waals surface area contributed by atoms with Crippen molar-refractivity contribution in [3.8, 4) is 0 Å². The number of nitrogens with one attached hydrogen (secondary N) is 1. The monoisotopic (exact) mass is 431 g/mol. The Morgan fingerprint density at radius 2 is 1.77 bits per heavy atom. The van der Waals surface area contributed by atoms with Gasteiger partial charge in [0.15, 0.2) is 0 Å². The zero-order valence-corrected chi connectivity index (χ0v) is 18.0. The average molecular weight is 432 g/mol. The van der Waals surface area contributed by atoms with Gasteiger partial charge in [0.25, 0.3) is 0 Å². The number of sulfonamides is 1. The van der Waals surface area contributed by atoms with Crippen molar-refractivity contribution in [1.82, 2.24) is 14.5 Å². The first-order chi connectivity index (χ1) is 14.3. The van der Waals surface area contributed by atoms with Crippen LogP contribution in [0.4, 0.5) is 15.8 Å². The largest absolute Gasteiger partial charge is 0.369 e. The SMILES string of the molecule is Cn1c(CCN2CCN(c3ccc(F)cc3)CC2)nc2cc(NS(C)(=O)=O)ccc21. The van der Waals surface area contributed by atoms with Gasteiger partial charge in [0.2, 0.25) is 10.0 Å². The van der Waals surface area contributed by atoms with Crippen molar-refractivity contribution < 1.29 is 12.8 Å². The third kappa shape index (κ3) is 4.73. The van der Waals surface area contributed by atoms with Gasteiger partial charge in [0.1, 0.15) is 11.6 Å². The molecule has 0 aliphatic carbocycles. The Hall–Kier alpha value is -2.65.